The molecule has 0 aromatic carbocycles. The molecule has 0 radical (unpaired) electrons. The highest BCUT2D eigenvalue weighted by molar-refractivity contribution is 5.76. The van der Waals surface area contributed by atoms with E-state index < -0.39 is 84.2 Å². The molecule has 54 heavy (non-hydrogen) atoms. The average molecular weight is 765 g/mol. The van der Waals surface area contributed by atoms with E-state index in [1.54, 1.807) is 0 Å². The molecule has 0 amide bonds. The molecular weight excluding hydrogens is 700 g/mol. The summed E-state index contributed by atoms with van der Waals surface area (Å²) in [6.45, 7) is 15.9. The maximum Gasteiger partial charge on any atom is 0.335 e. The molecule has 13 nitrogen and oxygen atoms in total. The zero-order valence-electron chi connectivity index (χ0n) is 32.9. The number of hydrogen-bond donors (Lipinski definition) is 7. The first-order valence-corrected chi connectivity index (χ1v) is 20.2. The third kappa shape index (κ3) is 5.88. The topological polar surface area (TPSA) is 213 Å². The SMILES string of the molecule is CC1(C)CC[C@]2(C(=O)O)CC[C@]3(C)C(=CC[C@H]4[C@@]5(C)CC[C@H](O[C@@H]6O[C@H](C(=O)O)[C@@H](O)[C@H](O[C@@H]7OC[C@@H](O)[C@H](O)[C@H]7O)[C@H]6O)C(C)(C)[C@H]5CC[C@]43C)[C@H]2C1. The maximum atomic E-state index is 13.0. The summed E-state index contributed by atoms with van der Waals surface area (Å²) in [5.41, 5.74) is 0.110. The Morgan fingerprint density at radius 3 is 2.11 bits per heavy atom. The molecule has 7 aliphatic rings. The van der Waals surface area contributed by atoms with Gasteiger partial charge in [0.1, 0.15) is 36.6 Å². The summed E-state index contributed by atoms with van der Waals surface area (Å²) in [4.78, 5) is 25.3. The molecule has 13 heteroatoms. The van der Waals surface area contributed by atoms with Gasteiger partial charge in [-0.2, -0.15) is 0 Å². The van der Waals surface area contributed by atoms with E-state index in [0.29, 0.717) is 18.8 Å². The summed E-state index contributed by atoms with van der Waals surface area (Å²) in [6, 6.07) is 0. The number of fused-ring (bicyclic) bond motifs is 7. The molecule has 0 aromatic rings. The van der Waals surface area contributed by atoms with Crippen molar-refractivity contribution >= 4 is 11.9 Å². The number of allylic oxidation sites excluding steroid dienone is 2. The lowest BCUT2D eigenvalue weighted by atomic mass is 9.33. The number of aliphatic carboxylic acids is 2. The smallest absolute Gasteiger partial charge is 0.335 e. The minimum Gasteiger partial charge on any atom is -0.481 e. The molecular formula is C41H64O13. The standard InChI is InChI=1S/C41H64O13/c1-36(2)14-16-41(35(49)50)17-15-39(6)20(21(41)18-36)8-9-24-38(5)12-11-25(37(3,4)23(38)10-13-40(24,39)7)52-34-29(46)30(28(45)31(54-34)32(47)48)53-33-27(44)26(43)22(42)19-51-33/h8,21-31,33-34,42-46H,9-19H2,1-7H3,(H,47,48)(H,49,50)/t21-,22-,23-,24+,25+,26+,27-,28+,29-,30+,31+,33+,34-,38+,39-,40-,41+/m1/s1. The monoisotopic (exact) mass is 764 g/mol. The fourth-order valence-electron chi connectivity index (χ4n) is 13.4. The summed E-state index contributed by atoms with van der Waals surface area (Å²) in [5.74, 6) is -1.53. The molecule has 17 atom stereocenters. The van der Waals surface area contributed by atoms with Crippen molar-refractivity contribution in [3.8, 4) is 0 Å². The van der Waals surface area contributed by atoms with Crippen molar-refractivity contribution in [2.45, 2.75) is 174 Å². The van der Waals surface area contributed by atoms with Crippen LogP contribution >= 0.6 is 0 Å². The first-order valence-electron chi connectivity index (χ1n) is 20.2. The Hall–Kier alpha value is -1.68. The Labute approximate surface area is 318 Å². The average Bonchev–Trinajstić information content (AvgIpc) is 3.08. The van der Waals surface area contributed by atoms with E-state index in [9.17, 15) is 45.3 Å². The zero-order valence-corrected chi connectivity index (χ0v) is 32.9. The summed E-state index contributed by atoms with van der Waals surface area (Å²) >= 11 is 0. The van der Waals surface area contributed by atoms with Crippen molar-refractivity contribution in [3.63, 3.8) is 0 Å². The van der Waals surface area contributed by atoms with Crippen molar-refractivity contribution in [2.75, 3.05) is 6.61 Å². The van der Waals surface area contributed by atoms with Crippen LogP contribution in [0.25, 0.3) is 0 Å². The molecule has 5 aliphatic carbocycles. The third-order valence-electron chi connectivity index (χ3n) is 16.8. The number of carboxylic acid groups (broad SMARTS) is 2. The predicted octanol–water partition coefficient (Wildman–Crippen LogP) is 3.61. The van der Waals surface area contributed by atoms with E-state index in [1.807, 2.05) is 0 Å². The molecule has 0 bridgehead atoms. The molecule has 7 rings (SSSR count). The number of carboxylic acids is 2. The van der Waals surface area contributed by atoms with Crippen molar-refractivity contribution < 1.29 is 64.3 Å². The van der Waals surface area contributed by atoms with E-state index >= 15 is 0 Å². The van der Waals surface area contributed by atoms with Gasteiger partial charge < -0.3 is 54.7 Å². The Kier molecular flexibility index (Phi) is 10.1. The lowest BCUT2D eigenvalue weighted by Gasteiger charge is -2.71. The number of carbonyl (C=O) groups is 2. The lowest BCUT2D eigenvalue weighted by molar-refractivity contribution is -0.357. The van der Waals surface area contributed by atoms with Crippen molar-refractivity contribution in [2.24, 2.45) is 50.2 Å². The Bertz CT molecular complexity index is 1510. The van der Waals surface area contributed by atoms with Crippen molar-refractivity contribution in [1.29, 1.82) is 0 Å². The largest absolute Gasteiger partial charge is 0.481 e. The number of aliphatic hydroxyl groups is 5. The number of ether oxygens (including phenoxy) is 4. The van der Waals surface area contributed by atoms with E-state index in [0.717, 1.165) is 51.4 Å². The molecule has 2 saturated heterocycles. The first-order chi connectivity index (χ1) is 25.0. The van der Waals surface area contributed by atoms with Crippen LogP contribution in [0.4, 0.5) is 0 Å². The van der Waals surface area contributed by atoms with Crippen LogP contribution in [-0.4, -0.2) is 116 Å². The van der Waals surface area contributed by atoms with E-state index in [2.05, 4.69) is 54.5 Å². The Balaban J connectivity index is 1.13. The minimum atomic E-state index is -1.86. The summed E-state index contributed by atoms with van der Waals surface area (Å²) in [7, 11) is 0. The number of aliphatic hydroxyl groups excluding tert-OH is 5. The van der Waals surface area contributed by atoms with Crippen LogP contribution in [-0.2, 0) is 28.5 Å². The van der Waals surface area contributed by atoms with Crippen LogP contribution in [0.2, 0.25) is 0 Å². The van der Waals surface area contributed by atoms with Gasteiger partial charge in [-0.25, -0.2) is 4.79 Å². The number of rotatable bonds is 6. The summed E-state index contributed by atoms with van der Waals surface area (Å²) in [6.07, 6.45) is -4.35. The lowest BCUT2D eigenvalue weighted by Crippen LogP contribution is -2.66. The highest BCUT2D eigenvalue weighted by Crippen LogP contribution is 2.76. The van der Waals surface area contributed by atoms with Crippen LogP contribution in [0.1, 0.15) is 113 Å². The van der Waals surface area contributed by atoms with Crippen molar-refractivity contribution in [1.82, 2.24) is 0 Å². The molecule has 0 aromatic heterocycles. The summed E-state index contributed by atoms with van der Waals surface area (Å²) < 4.78 is 23.3. The second-order valence-corrected chi connectivity index (χ2v) is 20.3. The van der Waals surface area contributed by atoms with Crippen LogP contribution in [0.3, 0.4) is 0 Å². The molecule has 0 spiro atoms. The van der Waals surface area contributed by atoms with Crippen LogP contribution < -0.4 is 0 Å². The van der Waals surface area contributed by atoms with Crippen LogP contribution in [0, 0.1) is 50.2 Å². The molecule has 306 valence electrons. The highest BCUT2D eigenvalue weighted by atomic mass is 16.7. The van der Waals surface area contributed by atoms with Gasteiger partial charge in [0.15, 0.2) is 18.7 Å². The van der Waals surface area contributed by atoms with Crippen LogP contribution in [0.15, 0.2) is 11.6 Å². The minimum absolute atomic E-state index is 0.0359. The zero-order chi connectivity index (χ0) is 39.6. The molecule has 7 N–H and O–H groups in total. The molecule has 2 aliphatic heterocycles. The molecule has 6 fully saturated rings. The molecule has 0 unspecified atom stereocenters. The maximum absolute atomic E-state index is 13.0. The van der Waals surface area contributed by atoms with Gasteiger partial charge in [0, 0.05) is 0 Å². The van der Waals surface area contributed by atoms with Gasteiger partial charge >= 0.3 is 11.9 Å². The van der Waals surface area contributed by atoms with E-state index in [1.165, 1.54) is 5.57 Å². The van der Waals surface area contributed by atoms with Gasteiger partial charge in [0.05, 0.1) is 18.1 Å². The fourth-order valence-corrected chi connectivity index (χ4v) is 13.4. The first kappa shape index (κ1) is 40.5. The van der Waals surface area contributed by atoms with E-state index in [4.69, 9.17) is 18.9 Å². The summed E-state index contributed by atoms with van der Waals surface area (Å²) in [5, 5.41) is 73.6. The second-order valence-electron chi connectivity index (χ2n) is 20.3. The van der Waals surface area contributed by atoms with Gasteiger partial charge in [-0.15, -0.1) is 0 Å². The Morgan fingerprint density at radius 1 is 0.759 bits per heavy atom. The van der Waals surface area contributed by atoms with Crippen molar-refractivity contribution in [3.05, 3.63) is 11.6 Å². The highest BCUT2D eigenvalue weighted by Gasteiger charge is 2.69. The molecule has 4 saturated carbocycles. The third-order valence-corrected chi connectivity index (χ3v) is 16.8. The van der Waals surface area contributed by atoms with E-state index in [-0.39, 0.29) is 40.1 Å². The second kappa shape index (κ2) is 13.4. The van der Waals surface area contributed by atoms with Gasteiger partial charge in [-0.3, -0.25) is 4.79 Å². The fraction of sp³-hybridized carbons (Fsp3) is 0.902. The van der Waals surface area contributed by atoms with Crippen LogP contribution in [0.5, 0.6) is 0 Å². The quantitative estimate of drug-likeness (QED) is 0.152. The van der Waals surface area contributed by atoms with Gasteiger partial charge in [-0.1, -0.05) is 60.1 Å². The normalized spacial score (nSPS) is 52.4. The molecule has 2 heterocycles. The Morgan fingerprint density at radius 2 is 1.44 bits per heavy atom. The number of hydrogen-bond acceptors (Lipinski definition) is 11. The van der Waals surface area contributed by atoms with Gasteiger partial charge in [-0.05, 0) is 109 Å². The van der Waals surface area contributed by atoms with Gasteiger partial charge in [0.2, 0.25) is 0 Å². The predicted molar refractivity (Wildman–Crippen MR) is 192 cm³/mol. The van der Waals surface area contributed by atoms with Gasteiger partial charge in [0.25, 0.3) is 0 Å².